The lowest BCUT2D eigenvalue weighted by Crippen LogP contribution is -2.55. The second-order valence-corrected chi connectivity index (χ2v) is 16.9. The van der Waals surface area contributed by atoms with Crippen molar-refractivity contribution in [2.75, 3.05) is 4.90 Å². The zero-order valence-electron chi connectivity index (χ0n) is 30.7. The van der Waals surface area contributed by atoms with Gasteiger partial charge in [-0.05, 0) is 151 Å². The van der Waals surface area contributed by atoms with Crippen molar-refractivity contribution in [2.45, 2.75) is 37.5 Å². The van der Waals surface area contributed by atoms with Gasteiger partial charge in [0.2, 0.25) is 0 Å². The van der Waals surface area contributed by atoms with Crippen molar-refractivity contribution < 1.29 is 4.42 Å². The highest BCUT2D eigenvalue weighted by Gasteiger charge is 2.61. The second-order valence-electron chi connectivity index (χ2n) is 16.9. The molecule has 1 spiro atoms. The topological polar surface area (TPSA) is 21.3 Å². The van der Waals surface area contributed by atoms with Gasteiger partial charge in [-0.1, -0.05) is 84.9 Å². The number of anilines is 3. The van der Waals surface area contributed by atoms with Gasteiger partial charge in [0.05, 0.1) is 11.0 Å². The number of fused-ring (bicyclic) bond motifs is 9. The molecule has 9 aromatic rings. The minimum absolute atomic E-state index is 0.154. The summed E-state index contributed by atoms with van der Waals surface area (Å²) in [4.78, 5) is 2.46. The lowest BCUT2D eigenvalue weighted by molar-refractivity contribution is -0.0399. The minimum atomic E-state index is 0.154. The Labute approximate surface area is 320 Å². The quantitative estimate of drug-likeness (QED) is 0.181. The summed E-state index contributed by atoms with van der Waals surface area (Å²) in [6, 6.07) is 58.7. The van der Waals surface area contributed by atoms with Gasteiger partial charge in [-0.3, -0.25) is 0 Å². The predicted octanol–water partition coefficient (Wildman–Crippen LogP) is 13.9. The van der Waals surface area contributed by atoms with Crippen LogP contribution in [0.5, 0.6) is 0 Å². The van der Waals surface area contributed by atoms with E-state index < -0.39 is 0 Å². The molecule has 0 unspecified atom stereocenters. The molecule has 0 atom stereocenters. The molecular weight excluding hydrogens is 669 g/mol. The largest absolute Gasteiger partial charge is 0.456 e. The first-order valence-corrected chi connectivity index (χ1v) is 20.3. The molecule has 264 valence electrons. The zero-order chi connectivity index (χ0) is 35.8. The molecule has 4 fully saturated rings. The summed E-state index contributed by atoms with van der Waals surface area (Å²) in [6.45, 7) is 0. The van der Waals surface area contributed by atoms with Crippen molar-refractivity contribution in [1.82, 2.24) is 4.57 Å². The van der Waals surface area contributed by atoms with Crippen LogP contribution in [0.25, 0.3) is 60.6 Å². The van der Waals surface area contributed by atoms with Crippen molar-refractivity contribution in [3.63, 3.8) is 0 Å². The SMILES string of the molecule is c1ccc2c(c1)-c1cc(N(c3ccc(-n4c5ccccc5c5ccccc54)cc3)c3ccc4oc5ccccc5c4c3)ccc1C21C2CC3CC(C2)CC1C3. The van der Waals surface area contributed by atoms with Crippen LogP contribution in [-0.4, -0.2) is 4.57 Å². The van der Waals surface area contributed by atoms with Gasteiger partial charge in [-0.25, -0.2) is 0 Å². The van der Waals surface area contributed by atoms with Gasteiger partial charge in [0.25, 0.3) is 0 Å². The van der Waals surface area contributed by atoms with Gasteiger partial charge in [0.1, 0.15) is 11.2 Å². The predicted molar refractivity (Wildman–Crippen MR) is 226 cm³/mol. The average molecular weight is 709 g/mol. The van der Waals surface area contributed by atoms with Gasteiger partial charge in [-0.15, -0.1) is 0 Å². The number of para-hydroxylation sites is 3. The fourth-order valence-corrected chi connectivity index (χ4v) is 12.5. The van der Waals surface area contributed by atoms with E-state index in [1.807, 2.05) is 0 Å². The van der Waals surface area contributed by atoms with Crippen LogP contribution in [0.4, 0.5) is 17.1 Å². The maximum absolute atomic E-state index is 6.31. The first kappa shape index (κ1) is 30.3. The van der Waals surface area contributed by atoms with Gasteiger partial charge in [0, 0.05) is 49.7 Å². The molecule has 4 saturated carbocycles. The lowest BCUT2D eigenvalue weighted by Gasteiger charge is -2.61. The molecule has 0 saturated heterocycles. The van der Waals surface area contributed by atoms with Crippen LogP contribution in [0, 0.1) is 23.7 Å². The Bertz CT molecular complexity index is 2940. The number of rotatable bonds is 4. The number of furan rings is 1. The molecule has 14 rings (SSSR count). The molecule has 4 bridgehead atoms. The van der Waals surface area contributed by atoms with Gasteiger partial charge in [-0.2, -0.15) is 0 Å². The molecule has 3 heteroatoms. The van der Waals surface area contributed by atoms with Crippen LogP contribution >= 0.6 is 0 Å². The molecule has 3 nitrogen and oxygen atoms in total. The van der Waals surface area contributed by atoms with Crippen LogP contribution in [0.1, 0.15) is 43.2 Å². The Kier molecular flexibility index (Phi) is 6.06. The average Bonchev–Trinajstić information content (AvgIpc) is 3.87. The molecule has 0 amide bonds. The van der Waals surface area contributed by atoms with Crippen molar-refractivity contribution in [3.8, 4) is 16.8 Å². The van der Waals surface area contributed by atoms with Gasteiger partial charge < -0.3 is 13.9 Å². The van der Waals surface area contributed by atoms with Crippen molar-refractivity contribution in [3.05, 3.63) is 169 Å². The maximum Gasteiger partial charge on any atom is 0.135 e. The normalized spacial score (nSPS) is 23.3. The molecule has 5 aliphatic carbocycles. The molecule has 0 radical (unpaired) electrons. The summed E-state index contributed by atoms with van der Waals surface area (Å²) in [5.41, 5.74) is 15.1. The smallest absolute Gasteiger partial charge is 0.135 e. The van der Waals surface area contributed by atoms with E-state index in [2.05, 4.69) is 167 Å². The summed E-state index contributed by atoms with van der Waals surface area (Å²) >= 11 is 0. The van der Waals surface area contributed by atoms with Crippen molar-refractivity contribution >= 4 is 60.8 Å². The highest BCUT2D eigenvalue weighted by Crippen LogP contribution is 2.69. The van der Waals surface area contributed by atoms with Crippen LogP contribution < -0.4 is 4.90 Å². The standard InChI is InChI=1S/C52H40N2O/c1-5-13-46-40(9-1)44-30-38(21-23-47(44)52(46)34-26-32-25-33(28-34)29-35(52)27-32)53(39-22-24-51-45(31-39)43-12-4-8-16-50(43)55-51)36-17-19-37(20-18-36)54-48-14-6-2-10-41(48)42-11-3-7-15-49(42)54/h1-24,30-35H,25-29H2. The summed E-state index contributed by atoms with van der Waals surface area (Å²) in [5.74, 6) is 3.36. The maximum atomic E-state index is 6.31. The third kappa shape index (κ3) is 4.06. The van der Waals surface area contributed by atoms with Gasteiger partial charge in [0.15, 0.2) is 0 Å². The fourth-order valence-electron chi connectivity index (χ4n) is 12.5. The summed E-state index contributed by atoms with van der Waals surface area (Å²) < 4.78 is 8.72. The summed E-state index contributed by atoms with van der Waals surface area (Å²) in [6.07, 6.45) is 7.05. The molecule has 5 aliphatic rings. The van der Waals surface area contributed by atoms with E-state index in [9.17, 15) is 0 Å². The van der Waals surface area contributed by atoms with Crippen LogP contribution in [-0.2, 0) is 5.41 Å². The van der Waals surface area contributed by atoms with E-state index in [4.69, 9.17) is 4.42 Å². The van der Waals surface area contributed by atoms with E-state index in [0.717, 1.165) is 62.7 Å². The van der Waals surface area contributed by atoms with E-state index in [-0.39, 0.29) is 5.41 Å². The summed E-state index contributed by atoms with van der Waals surface area (Å²) in [5, 5.41) is 4.84. The van der Waals surface area contributed by atoms with E-state index in [1.165, 1.54) is 70.7 Å². The van der Waals surface area contributed by atoms with Crippen molar-refractivity contribution in [2.24, 2.45) is 23.7 Å². The molecule has 2 heterocycles. The first-order valence-electron chi connectivity index (χ1n) is 20.3. The first-order chi connectivity index (χ1) is 27.2. The lowest BCUT2D eigenvalue weighted by atomic mass is 9.43. The third-order valence-electron chi connectivity index (χ3n) is 14.4. The number of benzene rings is 7. The highest BCUT2D eigenvalue weighted by molar-refractivity contribution is 6.09. The number of hydrogen-bond acceptors (Lipinski definition) is 2. The Hall–Kier alpha value is -6.06. The van der Waals surface area contributed by atoms with Crippen LogP contribution in [0.2, 0.25) is 0 Å². The molecular formula is C52H40N2O. The summed E-state index contributed by atoms with van der Waals surface area (Å²) in [7, 11) is 0. The monoisotopic (exact) mass is 708 g/mol. The second kappa shape index (κ2) is 11.0. The van der Waals surface area contributed by atoms with E-state index >= 15 is 0 Å². The Morgan fingerprint density at radius 2 is 1.02 bits per heavy atom. The third-order valence-corrected chi connectivity index (χ3v) is 14.4. The Balaban J connectivity index is 1.00. The van der Waals surface area contributed by atoms with Crippen LogP contribution in [0.3, 0.4) is 0 Å². The highest BCUT2D eigenvalue weighted by atomic mass is 16.3. The van der Waals surface area contributed by atoms with Gasteiger partial charge >= 0.3 is 0 Å². The molecule has 0 aliphatic heterocycles. The molecule has 2 aromatic heterocycles. The Morgan fingerprint density at radius 3 is 1.76 bits per heavy atom. The fraction of sp³-hybridized carbons (Fsp3) is 0.192. The zero-order valence-corrected chi connectivity index (χ0v) is 30.7. The minimum Gasteiger partial charge on any atom is -0.456 e. The molecule has 7 aromatic carbocycles. The van der Waals surface area contributed by atoms with Crippen molar-refractivity contribution in [1.29, 1.82) is 0 Å². The Morgan fingerprint density at radius 1 is 0.455 bits per heavy atom. The van der Waals surface area contributed by atoms with E-state index in [0.29, 0.717) is 0 Å². The number of aromatic nitrogens is 1. The number of nitrogens with zero attached hydrogens (tertiary/aromatic N) is 2. The number of hydrogen-bond donors (Lipinski definition) is 0. The molecule has 55 heavy (non-hydrogen) atoms. The molecule has 0 N–H and O–H groups in total. The van der Waals surface area contributed by atoms with E-state index in [1.54, 1.807) is 11.1 Å². The van der Waals surface area contributed by atoms with Crippen LogP contribution in [0.15, 0.2) is 162 Å².